The second kappa shape index (κ2) is 7.89. The first-order valence-electron chi connectivity index (χ1n) is 7.19. The van der Waals surface area contributed by atoms with Crippen LogP contribution in [0.2, 0.25) is 0 Å². The first-order chi connectivity index (χ1) is 10.7. The van der Waals surface area contributed by atoms with Gasteiger partial charge in [-0.15, -0.1) is 12.3 Å². The first-order valence-corrected chi connectivity index (χ1v) is 7.19. The van der Waals surface area contributed by atoms with Crippen LogP contribution < -0.4 is 10.6 Å². The van der Waals surface area contributed by atoms with Gasteiger partial charge in [-0.3, -0.25) is 0 Å². The highest BCUT2D eigenvalue weighted by Gasteiger charge is 2.08. The number of urea groups is 1. The molecule has 2 aromatic rings. The highest BCUT2D eigenvalue weighted by molar-refractivity contribution is 5.90. The van der Waals surface area contributed by atoms with E-state index in [9.17, 15) is 4.79 Å². The Morgan fingerprint density at radius 2 is 2.27 bits per heavy atom. The zero-order valence-electron chi connectivity index (χ0n) is 12.6. The summed E-state index contributed by atoms with van der Waals surface area (Å²) in [7, 11) is 0. The maximum Gasteiger partial charge on any atom is 0.319 e. The molecule has 2 amide bonds. The molecule has 0 saturated heterocycles. The van der Waals surface area contributed by atoms with E-state index < -0.39 is 0 Å². The Morgan fingerprint density at radius 3 is 3.00 bits per heavy atom. The molecule has 1 heterocycles. The average Bonchev–Trinajstić information content (AvgIpc) is 3.03. The number of rotatable bonds is 6. The molecule has 0 radical (unpaired) electrons. The van der Waals surface area contributed by atoms with Gasteiger partial charge in [0.2, 0.25) is 5.89 Å². The summed E-state index contributed by atoms with van der Waals surface area (Å²) < 4.78 is 5.27. The van der Waals surface area contributed by atoms with Gasteiger partial charge in [-0.2, -0.15) is 0 Å². The Kier molecular flexibility index (Phi) is 5.61. The van der Waals surface area contributed by atoms with Gasteiger partial charge in [0.15, 0.2) is 0 Å². The maximum absolute atomic E-state index is 11.9. The van der Waals surface area contributed by atoms with Crippen LogP contribution in [0.3, 0.4) is 0 Å². The monoisotopic (exact) mass is 297 g/mol. The molecule has 0 aliphatic heterocycles. The van der Waals surface area contributed by atoms with E-state index in [1.807, 2.05) is 25.1 Å². The van der Waals surface area contributed by atoms with Gasteiger partial charge in [0.25, 0.3) is 0 Å². The summed E-state index contributed by atoms with van der Waals surface area (Å²) in [4.78, 5) is 16.0. The minimum atomic E-state index is -0.228. The van der Waals surface area contributed by atoms with Crippen molar-refractivity contribution in [1.29, 1.82) is 0 Å². The number of hydrogen-bond acceptors (Lipinski definition) is 3. The SMILES string of the molecule is C#CCCCCNC(=O)Nc1cc(-c2ncco2)ccc1C. The number of nitrogens with zero attached hydrogens (tertiary/aromatic N) is 1. The topological polar surface area (TPSA) is 67.2 Å². The number of nitrogens with one attached hydrogen (secondary N) is 2. The molecule has 0 bridgehead atoms. The molecule has 22 heavy (non-hydrogen) atoms. The normalized spacial score (nSPS) is 10.0. The van der Waals surface area contributed by atoms with Crippen LogP contribution in [0.25, 0.3) is 11.5 Å². The highest BCUT2D eigenvalue weighted by atomic mass is 16.3. The van der Waals surface area contributed by atoms with Crippen molar-refractivity contribution in [3.8, 4) is 23.8 Å². The van der Waals surface area contributed by atoms with Crippen molar-refractivity contribution >= 4 is 11.7 Å². The van der Waals surface area contributed by atoms with Crippen molar-refractivity contribution in [2.24, 2.45) is 0 Å². The number of benzene rings is 1. The number of hydrogen-bond donors (Lipinski definition) is 2. The number of aryl methyl sites for hydroxylation is 1. The van der Waals surface area contributed by atoms with E-state index in [4.69, 9.17) is 10.8 Å². The second-order valence-corrected chi connectivity index (χ2v) is 4.91. The fourth-order valence-electron chi connectivity index (χ4n) is 1.98. The van der Waals surface area contributed by atoms with E-state index in [2.05, 4.69) is 21.5 Å². The molecule has 5 nitrogen and oxygen atoms in total. The van der Waals surface area contributed by atoms with Crippen LogP contribution in [0, 0.1) is 19.3 Å². The molecule has 0 atom stereocenters. The van der Waals surface area contributed by atoms with Crippen LogP contribution >= 0.6 is 0 Å². The maximum atomic E-state index is 11.9. The molecule has 1 aromatic carbocycles. The lowest BCUT2D eigenvalue weighted by molar-refractivity contribution is 0.252. The van der Waals surface area contributed by atoms with Gasteiger partial charge >= 0.3 is 6.03 Å². The van der Waals surface area contributed by atoms with Crippen LogP contribution in [-0.4, -0.2) is 17.6 Å². The molecule has 0 aliphatic rings. The lowest BCUT2D eigenvalue weighted by atomic mass is 10.1. The number of oxazole rings is 1. The van der Waals surface area contributed by atoms with Crippen molar-refractivity contribution in [2.45, 2.75) is 26.2 Å². The molecule has 0 aliphatic carbocycles. The first kappa shape index (κ1) is 15.6. The number of unbranched alkanes of at least 4 members (excludes halogenated alkanes) is 2. The lowest BCUT2D eigenvalue weighted by Gasteiger charge is -2.10. The largest absolute Gasteiger partial charge is 0.445 e. The summed E-state index contributed by atoms with van der Waals surface area (Å²) in [5, 5.41) is 5.66. The predicted molar refractivity (Wildman–Crippen MR) is 86.4 cm³/mol. The number of aromatic nitrogens is 1. The summed E-state index contributed by atoms with van der Waals surface area (Å²) in [6.07, 6.45) is 10.8. The van der Waals surface area contributed by atoms with Gasteiger partial charge in [-0.1, -0.05) is 6.07 Å². The summed E-state index contributed by atoms with van der Waals surface area (Å²) in [5.74, 6) is 3.11. The molecule has 0 spiro atoms. The molecule has 0 fully saturated rings. The van der Waals surface area contributed by atoms with Crippen molar-refractivity contribution in [2.75, 3.05) is 11.9 Å². The molecular formula is C17H19N3O2. The number of amides is 2. The Labute approximate surface area is 130 Å². The quantitative estimate of drug-likeness (QED) is 0.632. The molecule has 0 unspecified atom stereocenters. The van der Waals surface area contributed by atoms with E-state index in [0.717, 1.165) is 36.1 Å². The fourth-order valence-corrected chi connectivity index (χ4v) is 1.98. The minimum absolute atomic E-state index is 0.228. The molecular weight excluding hydrogens is 278 g/mol. The van der Waals surface area contributed by atoms with Crippen molar-refractivity contribution < 1.29 is 9.21 Å². The zero-order chi connectivity index (χ0) is 15.8. The molecule has 0 saturated carbocycles. The smallest absolute Gasteiger partial charge is 0.319 e. The Bertz CT molecular complexity index is 657. The fraction of sp³-hybridized carbons (Fsp3) is 0.294. The van der Waals surface area contributed by atoms with Crippen LogP contribution in [0.1, 0.15) is 24.8 Å². The molecule has 2 N–H and O–H groups in total. The summed E-state index contributed by atoms with van der Waals surface area (Å²) in [6, 6.07) is 5.44. The third-order valence-corrected chi connectivity index (χ3v) is 3.20. The Balaban J connectivity index is 1.93. The lowest BCUT2D eigenvalue weighted by Crippen LogP contribution is -2.29. The van der Waals surface area contributed by atoms with E-state index in [1.165, 1.54) is 6.26 Å². The van der Waals surface area contributed by atoms with Gasteiger partial charge in [0.05, 0.1) is 6.20 Å². The van der Waals surface area contributed by atoms with Crippen LogP contribution in [0.4, 0.5) is 10.5 Å². The zero-order valence-corrected chi connectivity index (χ0v) is 12.6. The van der Waals surface area contributed by atoms with Gasteiger partial charge in [0.1, 0.15) is 6.26 Å². The standard InChI is InChI=1S/C17H19N3O2/c1-3-4-5-6-9-19-17(21)20-15-12-14(8-7-13(15)2)16-18-10-11-22-16/h1,7-8,10-12H,4-6,9H2,2H3,(H2,19,20,21). The van der Waals surface area contributed by atoms with E-state index in [1.54, 1.807) is 6.20 Å². The summed E-state index contributed by atoms with van der Waals surface area (Å²) in [6.45, 7) is 2.54. The number of terminal acetylenes is 1. The van der Waals surface area contributed by atoms with Crippen LogP contribution in [0.5, 0.6) is 0 Å². The van der Waals surface area contributed by atoms with Gasteiger partial charge < -0.3 is 15.1 Å². The number of carbonyl (C=O) groups excluding carboxylic acids is 1. The number of anilines is 1. The van der Waals surface area contributed by atoms with Crippen molar-refractivity contribution in [1.82, 2.24) is 10.3 Å². The number of carbonyl (C=O) groups is 1. The molecule has 114 valence electrons. The predicted octanol–water partition coefficient (Wildman–Crippen LogP) is 3.58. The van der Waals surface area contributed by atoms with E-state index >= 15 is 0 Å². The van der Waals surface area contributed by atoms with Crippen molar-refractivity contribution in [3.63, 3.8) is 0 Å². The third-order valence-electron chi connectivity index (χ3n) is 3.20. The van der Waals surface area contributed by atoms with E-state index in [-0.39, 0.29) is 6.03 Å². The van der Waals surface area contributed by atoms with Crippen LogP contribution in [0.15, 0.2) is 35.1 Å². The molecule has 1 aromatic heterocycles. The summed E-state index contributed by atoms with van der Waals surface area (Å²) >= 11 is 0. The molecule has 2 rings (SSSR count). The molecule has 5 heteroatoms. The second-order valence-electron chi connectivity index (χ2n) is 4.91. The van der Waals surface area contributed by atoms with Crippen molar-refractivity contribution in [3.05, 3.63) is 36.2 Å². The van der Waals surface area contributed by atoms with Gasteiger partial charge in [-0.05, 0) is 37.5 Å². The van der Waals surface area contributed by atoms with E-state index in [0.29, 0.717) is 12.4 Å². The third kappa shape index (κ3) is 4.38. The highest BCUT2D eigenvalue weighted by Crippen LogP contribution is 2.24. The van der Waals surface area contributed by atoms with Gasteiger partial charge in [0, 0.05) is 24.2 Å². The summed E-state index contributed by atoms with van der Waals surface area (Å²) in [5.41, 5.74) is 2.52. The van der Waals surface area contributed by atoms with Crippen LogP contribution in [-0.2, 0) is 0 Å². The Morgan fingerprint density at radius 1 is 1.41 bits per heavy atom. The van der Waals surface area contributed by atoms with Gasteiger partial charge in [-0.25, -0.2) is 9.78 Å². The average molecular weight is 297 g/mol. The minimum Gasteiger partial charge on any atom is -0.445 e. The Hall–Kier alpha value is -2.74.